The minimum atomic E-state index is -0.486. The number of ketones is 1. The maximum Gasteiger partial charge on any atom is 0.313 e. The van der Waals surface area contributed by atoms with Gasteiger partial charge in [-0.25, -0.2) is 0 Å². The standard InChI is InChI=1S/C9H16O4/c1-4-12-6-8(10)5-9(11)13-7(2)3/h7H,4-6H2,1-3H3. The zero-order valence-electron chi connectivity index (χ0n) is 8.33. The summed E-state index contributed by atoms with van der Waals surface area (Å²) in [4.78, 5) is 21.9. The molecule has 0 bridgehead atoms. The Bertz CT molecular complexity index is 174. The van der Waals surface area contributed by atoms with Crippen molar-refractivity contribution in [1.82, 2.24) is 0 Å². The van der Waals surface area contributed by atoms with Gasteiger partial charge in [0.25, 0.3) is 0 Å². The second kappa shape index (κ2) is 6.60. The molecule has 0 unspecified atom stereocenters. The average molecular weight is 188 g/mol. The van der Waals surface area contributed by atoms with Crippen LogP contribution in [0.1, 0.15) is 27.2 Å². The van der Waals surface area contributed by atoms with Crippen molar-refractivity contribution in [3.05, 3.63) is 0 Å². The lowest BCUT2D eigenvalue weighted by Gasteiger charge is -2.06. The lowest BCUT2D eigenvalue weighted by Crippen LogP contribution is -2.18. The van der Waals surface area contributed by atoms with Gasteiger partial charge in [0, 0.05) is 6.61 Å². The van der Waals surface area contributed by atoms with Gasteiger partial charge in [0.2, 0.25) is 0 Å². The summed E-state index contributed by atoms with van der Waals surface area (Å²) in [7, 11) is 0. The van der Waals surface area contributed by atoms with E-state index in [0.29, 0.717) is 6.61 Å². The van der Waals surface area contributed by atoms with Gasteiger partial charge < -0.3 is 9.47 Å². The molecule has 13 heavy (non-hydrogen) atoms. The van der Waals surface area contributed by atoms with E-state index in [9.17, 15) is 9.59 Å². The molecule has 0 spiro atoms. The largest absolute Gasteiger partial charge is 0.463 e. The van der Waals surface area contributed by atoms with Crippen molar-refractivity contribution >= 4 is 11.8 Å². The number of ether oxygens (including phenoxy) is 2. The summed E-state index contributed by atoms with van der Waals surface area (Å²) in [5.74, 6) is -0.729. The smallest absolute Gasteiger partial charge is 0.313 e. The van der Waals surface area contributed by atoms with Gasteiger partial charge in [-0.15, -0.1) is 0 Å². The van der Waals surface area contributed by atoms with Crippen LogP contribution < -0.4 is 0 Å². The summed E-state index contributed by atoms with van der Waals surface area (Å²) >= 11 is 0. The molecule has 0 aliphatic carbocycles. The Labute approximate surface area is 78.2 Å². The third-order valence-corrected chi connectivity index (χ3v) is 1.18. The minimum absolute atomic E-state index is 0.0102. The highest BCUT2D eigenvalue weighted by atomic mass is 16.5. The Morgan fingerprint density at radius 1 is 1.31 bits per heavy atom. The van der Waals surface area contributed by atoms with Crippen molar-refractivity contribution in [3.63, 3.8) is 0 Å². The summed E-state index contributed by atoms with van der Waals surface area (Å²) in [6.07, 6.45) is -0.370. The van der Waals surface area contributed by atoms with Gasteiger partial charge in [-0.2, -0.15) is 0 Å². The van der Waals surface area contributed by atoms with Crippen LogP contribution in [0.2, 0.25) is 0 Å². The van der Waals surface area contributed by atoms with E-state index >= 15 is 0 Å². The number of esters is 1. The third kappa shape index (κ3) is 7.46. The molecule has 0 aromatic carbocycles. The second-order valence-corrected chi connectivity index (χ2v) is 2.89. The normalized spacial score (nSPS) is 10.2. The number of hydrogen-bond acceptors (Lipinski definition) is 4. The third-order valence-electron chi connectivity index (χ3n) is 1.18. The van der Waals surface area contributed by atoms with E-state index in [4.69, 9.17) is 9.47 Å². The predicted molar refractivity (Wildman–Crippen MR) is 47.3 cm³/mol. The van der Waals surface area contributed by atoms with Crippen molar-refractivity contribution < 1.29 is 19.1 Å². The number of hydrogen-bond donors (Lipinski definition) is 0. The highest BCUT2D eigenvalue weighted by molar-refractivity contribution is 5.96. The van der Waals surface area contributed by atoms with E-state index in [1.165, 1.54) is 0 Å². The first-order valence-corrected chi connectivity index (χ1v) is 4.35. The zero-order chi connectivity index (χ0) is 10.3. The van der Waals surface area contributed by atoms with Crippen LogP contribution in [0.3, 0.4) is 0 Å². The molecule has 4 nitrogen and oxygen atoms in total. The van der Waals surface area contributed by atoms with Crippen LogP contribution >= 0.6 is 0 Å². The first-order chi connectivity index (χ1) is 6.06. The molecular formula is C9H16O4. The van der Waals surface area contributed by atoms with Gasteiger partial charge in [-0.3, -0.25) is 9.59 Å². The Morgan fingerprint density at radius 3 is 2.38 bits per heavy atom. The molecule has 0 N–H and O–H groups in total. The van der Waals surface area contributed by atoms with Crippen molar-refractivity contribution in [2.45, 2.75) is 33.3 Å². The first-order valence-electron chi connectivity index (χ1n) is 4.35. The predicted octanol–water partition coefficient (Wildman–Crippen LogP) is 0.934. The Hall–Kier alpha value is -0.900. The molecule has 0 aliphatic heterocycles. The number of rotatable bonds is 6. The maximum atomic E-state index is 11.0. The van der Waals surface area contributed by atoms with Crippen LogP contribution in [0.15, 0.2) is 0 Å². The monoisotopic (exact) mass is 188 g/mol. The maximum absolute atomic E-state index is 11.0. The summed E-state index contributed by atoms with van der Waals surface area (Å²) in [6, 6.07) is 0. The van der Waals surface area contributed by atoms with E-state index < -0.39 is 5.97 Å². The molecule has 0 atom stereocenters. The van der Waals surface area contributed by atoms with Crippen LogP contribution in [0.4, 0.5) is 0 Å². The summed E-state index contributed by atoms with van der Waals surface area (Å²) in [6.45, 7) is 5.74. The number of Topliss-reactive ketones (excluding diaryl/α,β-unsaturated/α-hetero) is 1. The highest BCUT2D eigenvalue weighted by Gasteiger charge is 2.11. The van der Waals surface area contributed by atoms with Crippen molar-refractivity contribution in [1.29, 1.82) is 0 Å². The SMILES string of the molecule is CCOCC(=O)CC(=O)OC(C)C. The molecule has 0 heterocycles. The fourth-order valence-electron chi connectivity index (χ4n) is 0.732. The fourth-order valence-corrected chi connectivity index (χ4v) is 0.732. The van der Waals surface area contributed by atoms with E-state index in [1.54, 1.807) is 20.8 Å². The molecule has 0 rings (SSSR count). The lowest BCUT2D eigenvalue weighted by molar-refractivity contribution is -0.150. The van der Waals surface area contributed by atoms with Gasteiger partial charge in [0.1, 0.15) is 13.0 Å². The van der Waals surface area contributed by atoms with Crippen molar-refractivity contribution in [2.75, 3.05) is 13.2 Å². The highest BCUT2D eigenvalue weighted by Crippen LogP contribution is 1.94. The van der Waals surface area contributed by atoms with Crippen LogP contribution in [0.25, 0.3) is 0 Å². The van der Waals surface area contributed by atoms with Crippen molar-refractivity contribution in [2.24, 2.45) is 0 Å². The molecule has 0 aromatic heterocycles. The van der Waals surface area contributed by atoms with Crippen LogP contribution in [0.5, 0.6) is 0 Å². The molecule has 0 aliphatic rings. The van der Waals surface area contributed by atoms with E-state index in [1.807, 2.05) is 0 Å². The molecule has 76 valence electrons. The Morgan fingerprint density at radius 2 is 1.92 bits per heavy atom. The summed E-state index contributed by atoms with van der Waals surface area (Å²) in [5, 5.41) is 0. The molecule has 0 saturated carbocycles. The quantitative estimate of drug-likeness (QED) is 0.459. The van der Waals surface area contributed by atoms with Gasteiger partial charge >= 0.3 is 5.97 Å². The zero-order valence-corrected chi connectivity index (χ0v) is 8.33. The Balaban J connectivity index is 3.59. The summed E-state index contributed by atoms with van der Waals surface area (Å²) in [5.41, 5.74) is 0. The molecule has 0 saturated heterocycles. The topological polar surface area (TPSA) is 52.6 Å². The van der Waals surface area contributed by atoms with Gasteiger partial charge in [-0.05, 0) is 20.8 Å². The van der Waals surface area contributed by atoms with Crippen LogP contribution in [-0.2, 0) is 19.1 Å². The van der Waals surface area contributed by atoms with Gasteiger partial charge in [0.15, 0.2) is 5.78 Å². The molecule has 0 aromatic rings. The first kappa shape index (κ1) is 12.1. The summed E-state index contributed by atoms with van der Waals surface area (Å²) < 4.78 is 9.63. The number of carbonyl (C=O) groups is 2. The van der Waals surface area contributed by atoms with E-state index in [0.717, 1.165) is 0 Å². The Kier molecular flexibility index (Phi) is 6.14. The van der Waals surface area contributed by atoms with Crippen molar-refractivity contribution in [3.8, 4) is 0 Å². The minimum Gasteiger partial charge on any atom is -0.463 e. The molecule has 0 radical (unpaired) electrons. The lowest BCUT2D eigenvalue weighted by atomic mass is 10.3. The fraction of sp³-hybridized carbons (Fsp3) is 0.778. The van der Waals surface area contributed by atoms with E-state index in [-0.39, 0.29) is 24.9 Å². The molecular weight excluding hydrogens is 172 g/mol. The molecule has 4 heteroatoms. The van der Waals surface area contributed by atoms with Crippen LogP contribution in [0, 0.1) is 0 Å². The number of carbonyl (C=O) groups excluding carboxylic acids is 2. The molecule has 0 amide bonds. The van der Waals surface area contributed by atoms with Crippen LogP contribution in [-0.4, -0.2) is 31.1 Å². The van der Waals surface area contributed by atoms with Gasteiger partial charge in [0.05, 0.1) is 6.10 Å². The average Bonchev–Trinajstić information content (AvgIpc) is 1.98. The van der Waals surface area contributed by atoms with E-state index in [2.05, 4.69) is 0 Å². The second-order valence-electron chi connectivity index (χ2n) is 2.89. The molecule has 0 fully saturated rings. The van der Waals surface area contributed by atoms with Gasteiger partial charge in [-0.1, -0.05) is 0 Å².